The summed E-state index contributed by atoms with van der Waals surface area (Å²) in [6.07, 6.45) is 0. The molecule has 0 unspecified atom stereocenters. The molecule has 5 nitrogen and oxygen atoms in total. The van der Waals surface area contributed by atoms with Gasteiger partial charge in [0.15, 0.2) is 5.11 Å². The fourth-order valence-electron chi connectivity index (χ4n) is 1.35. The van der Waals surface area contributed by atoms with Gasteiger partial charge in [-0.1, -0.05) is 0 Å². The van der Waals surface area contributed by atoms with E-state index in [-0.39, 0.29) is 0 Å². The zero-order valence-corrected chi connectivity index (χ0v) is 11.7. The quantitative estimate of drug-likeness (QED) is 0.492. The first-order valence-electron chi connectivity index (χ1n) is 5.36. The zero-order chi connectivity index (χ0) is 13.5. The van der Waals surface area contributed by atoms with E-state index in [4.69, 9.17) is 21.7 Å². The highest BCUT2D eigenvalue weighted by atomic mass is 32.1. The number of rotatable bonds is 4. The second-order valence-corrected chi connectivity index (χ2v) is 3.86. The average Bonchev–Trinajstić information content (AvgIpc) is 2.43. The molecular formula is C12H17N3O2S. The zero-order valence-electron chi connectivity index (χ0n) is 10.9. The van der Waals surface area contributed by atoms with Gasteiger partial charge < -0.3 is 14.8 Å². The number of benzene rings is 1. The van der Waals surface area contributed by atoms with Gasteiger partial charge in [-0.25, -0.2) is 0 Å². The summed E-state index contributed by atoms with van der Waals surface area (Å²) in [7, 11) is 4.95. The van der Waals surface area contributed by atoms with Gasteiger partial charge in [0, 0.05) is 18.7 Å². The normalized spacial score (nSPS) is 10.8. The van der Waals surface area contributed by atoms with Crippen molar-refractivity contribution in [3.05, 3.63) is 23.8 Å². The number of thiocarbonyl (C=S) groups is 1. The second-order valence-electron chi connectivity index (χ2n) is 3.45. The van der Waals surface area contributed by atoms with Crippen LogP contribution in [0.15, 0.2) is 23.3 Å². The molecule has 0 heterocycles. The van der Waals surface area contributed by atoms with Gasteiger partial charge in [0.25, 0.3) is 0 Å². The average molecular weight is 267 g/mol. The Kier molecular flexibility index (Phi) is 5.38. The van der Waals surface area contributed by atoms with Crippen molar-refractivity contribution in [3.63, 3.8) is 0 Å². The van der Waals surface area contributed by atoms with E-state index in [2.05, 4.69) is 15.8 Å². The second kappa shape index (κ2) is 6.80. The van der Waals surface area contributed by atoms with Crippen LogP contribution in [-0.4, -0.2) is 32.1 Å². The Hall–Kier alpha value is -1.82. The molecule has 6 heteroatoms. The van der Waals surface area contributed by atoms with Gasteiger partial charge in [-0.05, 0) is 31.3 Å². The van der Waals surface area contributed by atoms with Crippen LogP contribution >= 0.6 is 12.2 Å². The number of nitrogens with zero attached hydrogens (tertiary/aromatic N) is 1. The molecule has 0 amide bonds. The lowest BCUT2D eigenvalue weighted by molar-refractivity contribution is 0.394. The topological polar surface area (TPSA) is 54.9 Å². The van der Waals surface area contributed by atoms with Crippen molar-refractivity contribution < 1.29 is 9.47 Å². The van der Waals surface area contributed by atoms with E-state index >= 15 is 0 Å². The number of methoxy groups -OCH3 is 2. The number of hydrogen-bond donors (Lipinski definition) is 2. The summed E-state index contributed by atoms with van der Waals surface area (Å²) in [5.74, 6) is 1.44. The Labute approximate surface area is 112 Å². The summed E-state index contributed by atoms with van der Waals surface area (Å²) in [6, 6.07) is 5.55. The van der Waals surface area contributed by atoms with Gasteiger partial charge in [0.2, 0.25) is 0 Å². The lowest BCUT2D eigenvalue weighted by Gasteiger charge is -2.10. The van der Waals surface area contributed by atoms with Gasteiger partial charge >= 0.3 is 0 Å². The van der Waals surface area contributed by atoms with Crippen molar-refractivity contribution in [3.8, 4) is 11.5 Å². The Morgan fingerprint density at radius 1 is 1.28 bits per heavy atom. The molecule has 0 bridgehead atoms. The van der Waals surface area contributed by atoms with Crippen molar-refractivity contribution >= 4 is 23.0 Å². The summed E-state index contributed by atoms with van der Waals surface area (Å²) < 4.78 is 10.4. The maximum absolute atomic E-state index is 5.31. The molecule has 0 aliphatic heterocycles. The molecule has 0 saturated heterocycles. The number of ether oxygens (including phenoxy) is 2. The van der Waals surface area contributed by atoms with Crippen LogP contribution in [0, 0.1) is 0 Å². The summed E-state index contributed by atoms with van der Waals surface area (Å²) in [6.45, 7) is 1.87. The van der Waals surface area contributed by atoms with Gasteiger partial charge in [-0.3, -0.25) is 5.43 Å². The van der Waals surface area contributed by atoms with Gasteiger partial charge in [-0.2, -0.15) is 5.10 Å². The van der Waals surface area contributed by atoms with Gasteiger partial charge in [-0.15, -0.1) is 0 Å². The molecule has 98 valence electrons. The first-order chi connectivity index (χ1) is 8.62. The SMILES string of the molecule is CNC(=S)N/N=C(/C)c1ccc(OC)cc1OC. The van der Waals surface area contributed by atoms with Crippen molar-refractivity contribution in [2.24, 2.45) is 5.10 Å². The molecule has 18 heavy (non-hydrogen) atoms. The maximum atomic E-state index is 5.31. The minimum absolute atomic E-state index is 0.460. The van der Waals surface area contributed by atoms with E-state index in [0.717, 1.165) is 17.0 Å². The molecule has 0 radical (unpaired) electrons. The summed E-state index contributed by atoms with van der Waals surface area (Å²) in [5.41, 5.74) is 4.38. The summed E-state index contributed by atoms with van der Waals surface area (Å²) >= 11 is 4.94. The van der Waals surface area contributed by atoms with E-state index in [1.807, 2.05) is 25.1 Å². The lowest BCUT2D eigenvalue weighted by atomic mass is 10.1. The fraction of sp³-hybridized carbons (Fsp3) is 0.333. The first kappa shape index (κ1) is 14.2. The highest BCUT2D eigenvalue weighted by Crippen LogP contribution is 2.24. The molecule has 0 saturated carbocycles. The van der Waals surface area contributed by atoms with Crippen molar-refractivity contribution in [2.45, 2.75) is 6.92 Å². The van der Waals surface area contributed by atoms with E-state index in [9.17, 15) is 0 Å². The Morgan fingerprint density at radius 2 is 2.00 bits per heavy atom. The molecule has 0 aliphatic carbocycles. The first-order valence-corrected chi connectivity index (χ1v) is 5.77. The van der Waals surface area contributed by atoms with Crippen LogP contribution in [0.1, 0.15) is 12.5 Å². The number of hydrazone groups is 1. The molecule has 1 rings (SSSR count). The van der Waals surface area contributed by atoms with E-state index in [0.29, 0.717) is 10.9 Å². The predicted molar refractivity (Wildman–Crippen MR) is 76.6 cm³/mol. The smallest absolute Gasteiger partial charge is 0.186 e. The highest BCUT2D eigenvalue weighted by Gasteiger charge is 2.08. The molecule has 0 spiro atoms. The van der Waals surface area contributed by atoms with Crippen LogP contribution in [0.25, 0.3) is 0 Å². The molecule has 0 fully saturated rings. The standard InChI is InChI=1S/C12H17N3O2S/c1-8(14-15-12(18)13-2)10-6-5-9(16-3)7-11(10)17-4/h5-7H,1-4H3,(H2,13,15,18)/b14-8-. The molecule has 0 aromatic heterocycles. The number of hydrogen-bond acceptors (Lipinski definition) is 4. The molecule has 1 aromatic carbocycles. The van der Waals surface area contributed by atoms with E-state index < -0.39 is 0 Å². The van der Waals surface area contributed by atoms with E-state index in [1.54, 1.807) is 21.3 Å². The highest BCUT2D eigenvalue weighted by molar-refractivity contribution is 7.80. The summed E-state index contributed by atoms with van der Waals surface area (Å²) in [4.78, 5) is 0. The number of nitrogens with one attached hydrogen (secondary N) is 2. The van der Waals surface area contributed by atoms with Crippen LogP contribution in [0.5, 0.6) is 11.5 Å². The molecule has 0 aliphatic rings. The van der Waals surface area contributed by atoms with Crippen molar-refractivity contribution in [2.75, 3.05) is 21.3 Å². The van der Waals surface area contributed by atoms with Crippen LogP contribution in [-0.2, 0) is 0 Å². The Bertz CT molecular complexity index is 461. The van der Waals surface area contributed by atoms with Gasteiger partial charge in [0.1, 0.15) is 11.5 Å². The van der Waals surface area contributed by atoms with Crippen LogP contribution in [0.3, 0.4) is 0 Å². The largest absolute Gasteiger partial charge is 0.497 e. The Morgan fingerprint density at radius 3 is 2.56 bits per heavy atom. The minimum Gasteiger partial charge on any atom is -0.497 e. The molecule has 2 N–H and O–H groups in total. The van der Waals surface area contributed by atoms with E-state index in [1.165, 1.54) is 0 Å². The summed E-state index contributed by atoms with van der Waals surface area (Å²) in [5, 5.41) is 7.41. The maximum Gasteiger partial charge on any atom is 0.186 e. The predicted octanol–water partition coefficient (Wildman–Crippen LogP) is 1.52. The third-order valence-corrected chi connectivity index (χ3v) is 2.65. The Balaban J connectivity index is 2.97. The van der Waals surface area contributed by atoms with Crippen molar-refractivity contribution in [1.29, 1.82) is 0 Å². The third kappa shape index (κ3) is 3.59. The lowest BCUT2D eigenvalue weighted by Crippen LogP contribution is -2.29. The van der Waals surface area contributed by atoms with Crippen LogP contribution in [0.2, 0.25) is 0 Å². The fourth-order valence-corrected chi connectivity index (χ4v) is 1.39. The minimum atomic E-state index is 0.460. The monoisotopic (exact) mass is 267 g/mol. The molecule has 0 atom stereocenters. The van der Waals surface area contributed by atoms with Crippen molar-refractivity contribution in [1.82, 2.24) is 10.7 Å². The third-order valence-electron chi connectivity index (χ3n) is 2.35. The van der Waals surface area contributed by atoms with Crippen LogP contribution in [0.4, 0.5) is 0 Å². The van der Waals surface area contributed by atoms with Gasteiger partial charge in [0.05, 0.1) is 19.9 Å². The molecule has 1 aromatic rings. The molecular weight excluding hydrogens is 250 g/mol. The van der Waals surface area contributed by atoms with Crippen LogP contribution < -0.4 is 20.2 Å².